The first-order valence-electron chi connectivity index (χ1n) is 9.36. The SMILES string of the molecule is CC(=O)N[C@H]1[C@H](Oc2ccc(Cl)cc2)O[C@@H]2COC(c3ccccc3)O[C@H]2[C@@H]1O. The molecule has 1 amide bonds. The highest BCUT2D eigenvalue weighted by molar-refractivity contribution is 6.30. The molecule has 2 heterocycles. The zero-order chi connectivity index (χ0) is 20.4. The lowest BCUT2D eigenvalue weighted by molar-refractivity contribution is -0.333. The highest BCUT2D eigenvalue weighted by atomic mass is 35.5. The van der Waals surface area contributed by atoms with Gasteiger partial charge in [0, 0.05) is 17.5 Å². The van der Waals surface area contributed by atoms with Crippen LogP contribution in [0.4, 0.5) is 0 Å². The molecule has 2 N–H and O–H groups in total. The van der Waals surface area contributed by atoms with E-state index < -0.39 is 36.9 Å². The first kappa shape index (κ1) is 20.1. The van der Waals surface area contributed by atoms with Gasteiger partial charge in [-0.15, -0.1) is 0 Å². The summed E-state index contributed by atoms with van der Waals surface area (Å²) < 4.78 is 23.7. The van der Waals surface area contributed by atoms with Crippen LogP contribution in [0.15, 0.2) is 54.6 Å². The second-order valence-corrected chi connectivity index (χ2v) is 7.44. The number of carbonyl (C=O) groups excluding carboxylic acids is 1. The number of fused-ring (bicyclic) bond motifs is 1. The molecule has 0 saturated carbocycles. The number of hydrogen-bond donors (Lipinski definition) is 2. The molecule has 0 aliphatic carbocycles. The highest BCUT2D eigenvalue weighted by Crippen LogP contribution is 2.34. The average Bonchev–Trinajstić information content (AvgIpc) is 2.73. The van der Waals surface area contributed by atoms with Crippen molar-refractivity contribution in [2.75, 3.05) is 6.61 Å². The van der Waals surface area contributed by atoms with Gasteiger partial charge in [0.15, 0.2) is 6.29 Å². The normalized spacial score (nSPS) is 31.6. The van der Waals surface area contributed by atoms with Crippen molar-refractivity contribution in [3.05, 3.63) is 65.2 Å². The number of amides is 1. The summed E-state index contributed by atoms with van der Waals surface area (Å²) in [7, 11) is 0. The monoisotopic (exact) mass is 419 g/mol. The lowest BCUT2D eigenvalue weighted by Gasteiger charge is -2.47. The molecule has 2 aromatic carbocycles. The number of hydrogen-bond acceptors (Lipinski definition) is 6. The standard InChI is InChI=1S/C21H22ClNO6/c1-12(24)23-17-18(25)19-16(11-26-20(29-19)13-5-3-2-4-6-13)28-21(17)27-15-9-7-14(22)8-10-15/h2-10,16-21,25H,11H2,1H3,(H,23,24)/t16-,17-,18-,19-,20?,21-/m1/s1. The molecular weight excluding hydrogens is 398 g/mol. The Hall–Kier alpha value is -2.16. The number of halogens is 1. The third kappa shape index (κ3) is 4.55. The first-order valence-corrected chi connectivity index (χ1v) is 9.74. The summed E-state index contributed by atoms with van der Waals surface area (Å²) in [5.41, 5.74) is 0.841. The van der Waals surface area contributed by atoms with Crippen LogP contribution in [0.3, 0.4) is 0 Å². The van der Waals surface area contributed by atoms with E-state index in [1.54, 1.807) is 24.3 Å². The highest BCUT2D eigenvalue weighted by Gasteiger charge is 2.50. The molecule has 29 heavy (non-hydrogen) atoms. The van der Waals surface area contributed by atoms with E-state index in [9.17, 15) is 9.90 Å². The molecule has 2 aliphatic heterocycles. The molecule has 0 spiro atoms. The largest absolute Gasteiger partial charge is 0.463 e. The van der Waals surface area contributed by atoms with Gasteiger partial charge in [-0.2, -0.15) is 0 Å². The van der Waals surface area contributed by atoms with Gasteiger partial charge in [0.1, 0.15) is 30.1 Å². The second-order valence-electron chi connectivity index (χ2n) is 7.01. The van der Waals surface area contributed by atoms with Crippen LogP contribution in [0.5, 0.6) is 5.75 Å². The van der Waals surface area contributed by atoms with Crippen molar-refractivity contribution in [1.29, 1.82) is 0 Å². The number of nitrogens with one attached hydrogen (secondary N) is 1. The predicted molar refractivity (Wildman–Crippen MR) is 104 cm³/mol. The molecule has 8 heteroatoms. The Kier molecular flexibility index (Phi) is 6.03. The number of benzene rings is 2. The van der Waals surface area contributed by atoms with Gasteiger partial charge in [-0.3, -0.25) is 4.79 Å². The molecule has 0 radical (unpaired) electrons. The van der Waals surface area contributed by atoms with Gasteiger partial charge in [0.25, 0.3) is 0 Å². The summed E-state index contributed by atoms with van der Waals surface area (Å²) in [6.45, 7) is 1.59. The van der Waals surface area contributed by atoms with E-state index in [2.05, 4.69) is 5.32 Å². The molecule has 4 rings (SSSR count). The summed E-state index contributed by atoms with van der Waals surface area (Å²) in [5, 5.41) is 14.3. The Bertz CT molecular complexity index is 833. The van der Waals surface area contributed by atoms with Crippen molar-refractivity contribution in [3.63, 3.8) is 0 Å². The maximum absolute atomic E-state index is 11.7. The summed E-state index contributed by atoms with van der Waals surface area (Å²) in [4.78, 5) is 11.7. The van der Waals surface area contributed by atoms with Crippen LogP contribution < -0.4 is 10.1 Å². The Morgan fingerprint density at radius 2 is 1.86 bits per heavy atom. The first-order chi connectivity index (χ1) is 14.0. The maximum atomic E-state index is 11.7. The quantitative estimate of drug-likeness (QED) is 0.791. The van der Waals surface area contributed by atoms with Crippen LogP contribution in [-0.4, -0.2) is 48.3 Å². The molecule has 2 aliphatic rings. The third-order valence-electron chi connectivity index (χ3n) is 4.87. The Balaban J connectivity index is 1.53. The van der Waals surface area contributed by atoms with Crippen molar-refractivity contribution in [2.24, 2.45) is 0 Å². The number of carbonyl (C=O) groups is 1. The van der Waals surface area contributed by atoms with E-state index in [4.69, 9.17) is 30.5 Å². The zero-order valence-corrected chi connectivity index (χ0v) is 16.5. The number of ether oxygens (including phenoxy) is 4. The van der Waals surface area contributed by atoms with Crippen molar-refractivity contribution in [1.82, 2.24) is 5.32 Å². The molecular formula is C21H22ClNO6. The van der Waals surface area contributed by atoms with Crippen molar-refractivity contribution in [3.8, 4) is 5.75 Å². The molecule has 2 fully saturated rings. The summed E-state index contributed by atoms with van der Waals surface area (Å²) in [5.74, 6) is 0.188. The Morgan fingerprint density at radius 1 is 1.14 bits per heavy atom. The van der Waals surface area contributed by atoms with E-state index in [0.29, 0.717) is 10.8 Å². The molecule has 7 nitrogen and oxygen atoms in total. The van der Waals surface area contributed by atoms with Gasteiger partial charge in [0.05, 0.1) is 6.61 Å². The molecule has 2 aromatic rings. The van der Waals surface area contributed by atoms with E-state index in [0.717, 1.165) is 5.56 Å². The van der Waals surface area contributed by atoms with Gasteiger partial charge < -0.3 is 29.4 Å². The van der Waals surface area contributed by atoms with E-state index in [1.807, 2.05) is 30.3 Å². The van der Waals surface area contributed by atoms with E-state index >= 15 is 0 Å². The summed E-state index contributed by atoms with van der Waals surface area (Å²) >= 11 is 5.91. The molecule has 0 bridgehead atoms. The molecule has 2 saturated heterocycles. The fourth-order valence-corrected chi connectivity index (χ4v) is 3.63. The second kappa shape index (κ2) is 8.69. The van der Waals surface area contributed by atoms with Gasteiger partial charge in [-0.05, 0) is 24.3 Å². The number of rotatable bonds is 4. The molecule has 154 valence electrons. The summed E-state index contributed by atoms with van der Waals surface area (Å²) in [6, 6.07) is 15.4. The Labute approximate surface area is 173 Å². The molecule has 1 unspecified atom stereocenters. The van der Waals surface area contributed by atoms with Crippen LogP contribution in [0.25, 0.3) is 0 Å². The lowest BCUT2D eigenvalue weighted by Crippen LogP contribution is -2.67. The van der Waals surface area contributed by atoms with E-state index in [1.165, 1.54) is 6.92 Å². The minimum atomic E-state index is -1.05. The van der Waals surface area contributed by atoms with Crippen LogP contribution in [-0.2, 0) is 19.0 Å². The molecule has 6 atom stereocenters. The van der Waals surface area contributed by atoms with Crippen LogP contribution >= 0.6 is 11.6 Å². The maximum Gasteiger partial charge on any atom is 0.223 e. The van der Waals surface area contributed by atoms with Crippen LogP contribution in [0.2, 0.25) is 5.02 Å². The van der Waals surface area contributed by atoms with Crippen molar-refractivity contribution in [2.45, 2.75) is 43.9 Å². The fourth-order valence-electron chi connectivity index (χ4n) is 3.51. The predicted octanol–water partition coefficient (Wildman–Crippen LogP) is 2.42. The van der Waals surface area contributed by atoms with Gasteiger partial charge in [-0.1, -0.05) is 41.9 Å². The number of aliphatic hydroxyl groups excluding tert-OH is 1. The minimum Gasteiger partial charge on any atom is -0.463 e. The third-order valence-corrected chi connectivity index (χ3v) is 5.13. The van der Waals surface area contributed by atoms with Crippen molar-refractivity contribution >= 4 is 17.5 Å². The smallest absolute Gasteiger partial charge is 0.223 e. The van der Waals surface area contributed by atoms with Gasteiger partial charge >= 0.3 is 0 Å². The van der Waals surface area contributed by atoms with Crippen molar-refractivity contribution < 1.29 is 28.8 Å². The summed E-state index contributed by atoms with van der Waals surface area (Å²) in [6.07, 6.45) is -3.83. The van der Waals surface area contributed by atoms with Crippen LogP contribution in [0, 0.1) is 0 Å². The Morgan fingerprint density at radius 3 is 2.55 bits per heavy atom. The van der Waals surface area contributed by atoms with Crippen LogP contribution in [0.1, 0.15) is 18.8 Å². The van der Waals surface area contributed by atoms with E-state index in [-0.39, 0.29) is 12.5 Å². The zero-order valence-electron chi connectivity index (χ0n) is 15.7. The molecule has 0 aromatic heterocycles. The topological polar surface area (TPSA) is 86.3 Å². The average molecular weight is 420 g/mol. The minimum absolute atomic E-state index is 0.217. The number of aliphatic hydroxyl groups is 1. The van der Waals surface area contributed by atoms with Gasteiger partial charge in [0.2, 0.25) is 12.2 Å². The fraction of sp³-hybridized carbons (Fsp3) is 0.381. The lowest BCUT2D eigenvalue weighted by atomic mass is 9.95. The van der Waals surface area contributed by atoms with Gasteiger partial charge in [-0.25, -0.2) is 0 Å².